The van der Waals surface area contributed by atoms with Gasteiger partial charge in [-0.05, 0) is 31.2 Å². The second-order valence-corrected chi connectivity index (χ2v) is 7.69. The van der Waals surface area contributed by atoms with E-state index in [9.17, 15) is 14.4 Å². The van der Waals surface area contributed by atoms with Crippen molar-refractivity contribution >= 4 is 40.1 Å². The molecule has 2 aliphatic heterocycles. The fourth-order valence-corrected chi connectivity index (χ4v) is 4.83. The number of nitrogens with zero attached hydrogens (tertiary/aromatic N) is 2. The molecule has 0 fully saturated rings. The van der Waals surface area contributed by atoms with E-state index in [1.165, 1.54) is 17.0 Å². The summed E-state index contributed by atoms with van der Waals surface area (Å²) in [7, 11) is 0. The smallest absolute Gasteiger partial charge is 0.291 e. The van der Waals surface area contributed by atoms with E-state index in [4.69, 9.17) is 16.0 Å². The van der Waals surface area contributed by atoms with Crippen LogP contribution in [0.4, 0.5) is 5.69 Å². The molecular weight excluding hydrogens is 404 g/mol. The lowest BCUT2D eigenvalue weighted by molar-refractivity contribution is -0.125. The molecule has 3 heterocycles. The maximum atomic E-state index is 13.9. The summed E-state index contributed by atoms with van der Waals surface area (Å²) >= 11 is 6.11. The van der Waals surface area contributed by atoms with Gasteiger partial charge in [-0.1, -0.05) is 35.9 Å². The molecule has 2 aliphatic rings. The Hall–Kier alpha value is -3.38. The molecule has 2 aromatic carbocycles. The van der Waals surface area contributed by atoms with Crippen molar-refractivity contribution in [1.29, 1.82) is 0 Å². The highest BCUT2D eigenvalue weighted by Crippen LogP contribution is 2.52. The molecule has 150 valence electrons. The normalized spacial score (nSPS) is 19.7. The first-order valence-electron chi connectivity index (χ1n) is 9.58. The molecule has 1 aromatic heterocycles. The maximum Gasteiger partial charge on any atom is 0.291 e. The van der Waals surface area contributed by atoms with Crippen LogP contribution < -0.4 is 10.3 Å². The molecule has 0 bridgehead atoms. The van der Waals surface area contributed by atoms with Crippen molar-refractivity contribution in [2.75, 3.05) is 18.0 Å². The number of para-hydroxylation sites is 1. The summed E-state index contributed by atoms with van der Waals surface area (Å²) in [5.41, 5.74) is -0.486. The van der Waals surface area contributed by atoms with E-state index in [1.54, 1.807) is 29.2 Å². The van der Waals surface area contributed by atoms with Crippen LogP contribution in [0, 0.1) is 0 Å². The lowest BCUT2D eigenvalue weighted by Crippen LogP contribution is -2.53. The zero-order valence-electron chi connectivity index (χ0n) is 16.1. The van der Waals surface area contributed by atoms with Crippen molar-refractivity contribution in [3.63, 3.8) is 0 Å². The van der Waals surface area contributed by atoms with Gasteiger partial charge in [0.25, 0.3) is 11.8 Å². The highest BCUT2D eigenvalue weighted by Gasteiger charge is 2.64. The summed E-state index contributed by atoms with van der Waals surface area (Å²) < 4.78 is 5.89. The van der Waals surface area contributed by atoms with Crippen molar-refractivity contribution in [2.45, 2.75) is 12.5 Å². The Kier molecular flexibility index (Phi) is 3.92. The second-order valence-electron chi connectivity index (χ2n) is 7.26. The van der Waals surface area contributed by atoms with Crippen LogP contribution in [0.25, 0.3) is 11.0 Å². The number of anilines is 1. The van der Waals surface area contributed by atoms with Gasteiger partial charge in [0.1, 0.15) is 5.58 Å². The fourth-order valence-electron chi connectivity index (χ4n) is 4.66. The van der Waals surface area contributed by atoms with Gasteiger partial charge in [-0.25, -0.2) is 0 Å². The number of benzene rings is 2. The Morgan fingerprint density at radius 3 is 2.67 bits per heavy atom. The largest absolute Gasteiger partial charge is 0.450 e. The molecule has 0 saturated heterocycles. The number of fused-ring (bicyclic) bond motifs is 5. The maximum absolute atomic E-state index is 13.9. The Balaban J connectivity index is 1.97. The first-order valence-corrected chi connectivity index (χ1v) is 9.95. The quantitative estimate of drug-likeness (QED) is 0.606. The molecule has 1 unspecified atom stereocenters. The molecule has 0 N–H and O–H groups in total. The van der Waals surface area contributed by atoms with Gasteiger partial charge in [-0.15, -0.1) is 6.58 Å². The van der Waals surface area contributed by atoms with E-state index >= 15 is 0 Å². The standard InChI is InChI=1S/C23H17ClN2O4/c1-3-11-26-21(28)20-18(19(27)14-12-13(24)9-10-17(14)30-20)23(26)15-7-5-6-8-16(15)25(4-2)22(23)29/h3,5-10,12H,1,4,11H2,2H3. The average molecular weight is 421 g/mol. The summed E-state index contributed by atoms with van der Waals surface area (Å²) in [6.45, 7) is 6.07. The average Bonchev–Trinajstić information content (AvgIpc) is 3.14. The second kappa shape index (κ2) is 6.31. The summed E-state index contributed by atoms with van der Waals surface area (Å²) in [6, 6.07) is 11.9. The summed E-state index contributed by atoms with van der Waals surface area (Å²) in [5.74, 6) is -0.980. The molecule has 0 aliphatic carbocycles. The van der Waals surface area contributed by atoms with Gasteiger partial charge in [0.15, 0.2) is 11.0 Å². The Labute approximate surface area is 177 Å². The van der Waals surface area contributed by atoms with Crippen molar-refractivity contribution < 1.29 is 14.0 Å². The summed E-state index contributed by atoms with van der Waals surface area (Å²) in [5, 5.41) is 0.596. The van der Waals surface area contributed by atoms with Crippen LogP contribution in [0.5, 0.6) is 0 Å². The Bertz CT molecular complexity index is 1330. The lowest BCUT2D eigenvalue weighted by atomic mass is 9.84. The molecule has 1 spiro atoms. The molecule has 30 heavy (non-hydrogen) atoms. The molecule has 7 heteroatoms. The number of carbonyl (C=O) groups is 2. The third kappa shape index (κ3) is 2.06. The van der Waals surface area contributed by atoms with Crippen LogP contribution in [0.15, 0.2) is 64.3 Å². The molecule has 1 atom stereocenters. The van der Waals surface area contributed by atoms with E-state index in [0.717, 1.165) is 0 Å². The van der Waals surface area contributed by atoms with E-state index < -0.39 is 16.9 Å². The van der Waals surface area contributed by atoms with Crippen LogP contribution in [0.3, 0.4) is 0 Å². The third-order valence-corrected chi connectivity index (χ3v) is 6.06. The Morgan fingerprint density at radius 2 is 1.93 bits per heavy atom. The number of halogens is 1. The number of carbonyl (C=O) groups excluding carboxylic acids is 2. The molecule has 2 amide bonds. The number of amides is 2. The number of hydrogen-bond donors (Lipinski definition) is 0. The number of likely N-dealkylation sites (N-methyl/N-ethyl adjacent to an activating group) is 1. The first-order chi connectivity index (χ1) is 14.5. The summed E-state index contributed by atoms with van der Waals surface area (Å²) in [4.78, 5) is 43.9. The van der Waals surface area contributed by atoms with E-state index in [1.807, 2.05) is 19.1 Å². The number of hydrogen-bond acceptors (Lipinski definition) is 4. The van der Waals surface area contributed by atoms with Gasteiger partial charge >= 0.3 is 0 Å². The monoisotopic (exact) mass is 420 g/mol. The molecule has 3 aromatic rings. The zero-order valence-corrected chi connectivity index (χ0v) is 16.9. The third-order valence-electron chi connectivity index (χ3n) is 5.83. The SMILES string of the molecule is C=CCN1C(=O)c2oc3ccc(Cl)cc3c(=O)c2C12C(=O)N(CC)c1ccccc12. The molecule has 5 rings (SSSR count). The highest BCUT2D eigenvalue weighted by atomic mass is 35.5. The van der Waals surface area contributed by atoms with Gasteiger partial charge in [0.05, 0.1) is 16.6 Å². The van der Waals surface area contributed by atoms with Crippen molar-refractivity contribution in [1.82, 2.24) is 4.90 Å². The van der Waals surface area contributed by atoms with Crippen LogP contribution in [0.1, 0.15) is 28.6 Å². The minimum atomic E-state index is -1.59. The summed E-state index contributed by atoms with van der Waals surface area (Å²) in [6.07, 6.45) is 1.54. The Morgan fingerprint density at radius 1 is 1.17 bits per heavy atom. The van der Waals surface area contributed by atoms with Gasteiger partial charge in [0, 0.05) is 23.7 Å². The van der Waals surface area contributed by atoms with Crippen LogP contribution >= 0.6 is 11.6 Å². The predicted molar refractivity (Wildman–Crippen MR) is 114 cm³/mol. The molecule has 0 saturated carbocycles. The van der Waals surface area contributed by atoms with Crippen LogP contribution in [-0.2, 0) is 10.3 Å². The van der Waals surface area contributed by atoms with E-state index in [0.29, 0.717) is 22.8 Å². The van der Waals surface area contributed by atoms with Gasteiger partial charge in [-0.3, -0.25) is 14.4 Å². The van der Waals surface area contributed by atoms with E-state index in [-0.39, 0.29) is 34.7 Å². The van der Waals surface area contributed by atoms with Gasteiger partial charge in [0.2, 0.25) is 5.76 Å². The molecule has 0 radical (unpaired) electrons. The van der Waals surface area contributed by atoms with Crippen molar-refractivity contribution in [3.05, 3.63) is 87.3 Å². The predicted octanol–water partition coefficient (Wildman–Crippen LogP) is 3.70. The van der Waals surface area contributed by atoms with E-state index in [2.05, 4.69) is 6.58 Å². The molecule has 6 nitrogen and oxygen atoms in total. The van der Waals surface area contributed by atoms with Crippen molar-refractivity contribution in [3.8, 4) is 0 Å². The van der Waals surface area contributed by atoms with Crippen LogP contribution in [0.2, 0.25) is 5.02 Å². The van der Waals surface area contributed by atoms with Crippen molar-refractivity contribution in [2.24, 2.45) is 0 Å². The van der Waals surface area contributed by atoms with Crippen LogP contribution in [-0.4, -0.2) is 29.8 Å². The zero-order chi connectivity index (χ0) is 21.2. The first kappa shape index (κ1) is 18.6. The van der Waals surface area contributed by atoms with Gasteiger partial charge < -0.3 is 14.2 Å². The molecular formula is C23H17ClN2O4. The minimum Gasteiger partial charge on any atom is -0.450 e. The highest BCUT2D eigenvalue weighted by molar-refractivity contribution is 6.31. The van der Waals surface area contributed by atoms with Gasteiger partial charge in [-0.2, -0.15) is 0 Å². The fraction of sp³-hybridized carbons (Fsp3) is 0.174. The topological polar surface area (TPSA) is 70.8 Å². The number of rotatable bonds is 3. The minimum absolute atomic E-state index is 0.0394. The lowest BCUT2D eigenvalue weighted by Gasteiger charge is -2.33.